The van der Waals surface area contributed by atoms with Crippen LogP contribution in [-0.2, 0) is 19.9 Å². The van der Waals surface area contributed by atoms with Crippen molar-refractivity contribution in [1.82, 2.24) is 15.5 Å². The zero-order valence-corrected chi connectivity index (χ0v) is 19.2. The van der Waals surface area contributed by atoms with E-state index in [4.69, 9.17) is 0 Å². The van der Waals surface area contributed by atoms with Gasteiger partial charge in [0.1, 0.15) is 12.1 Å². The highest BCUT2D eigenvalue weighted by atomic mass is 16.6. The van der Waals surface area contributed by atoms with Gasteiger partial charge in [-0.15, -0.1) is 0 Å². The number of nitro benzene ring substituents is 1. The average molecular weight is 467 g/mol. The van der Waals surface area contributed by atoms with Gasteiger partial charge >= 0.3 is 6.03 Å². The number of carbonyl (C=O) groups excluding carboxylic acids is 4. The molecule has 1 fully saturated rings. The Kier molecular flexibility index (Phi) is 6.66. The number of hydrogen-bond acceptors (Lipinski definition) is 6. The third kappa shape index (κ3) is 4.87. The van der Waals surface area contributed by atoms with Gasteiger partial charge in [0.05, 0.1) is 11.5 Å². The summed E-state index contributed by atoms with van der Waals surface area (Å²) in [6.45, 7) is 6.22. The van der Waals surface area contributed by atoms with Gasteiger partial charge in [0.25, 0.3) is 11.6 Å². The largest absolute Gasteiger partial charge is 0.345 e. The molecule has 11 heteroatoms. The number of amides is 5. The van der Waals surface area contributed by atoms with Crippen molar-refractivity contribution < 1.29 is 24.1 Å². The molecule has 3 rings (SSSR count). The molecule has 0 aliphatic carbocycles. The van der Waals surface area contributed by atoms with E-state index in [1.54, 1.807) is 0 Å². The number of anilines is 1. The van der Waals surface area contributed by atoms with Crippen molar-refractivity contribution in [2.24, 2.45) is 0 Å². The number of rotatable bonds is 7. The minimum Gasteiger partial charge on any atom is -0.345 e. The van der Waals surface area contributed by atoms with E-state index in [0.29, 0.717) is 11.3 Å². The van der Waals surface area contributed by atoms with Gasteiger partial charge in [-0.25, -0.2) is 4.79 Å². The highest BCUT2D eigenvalue weighted by Crippen LogP contribution is 2.30. The minimum atomic E-state index is -1.48. The Balaban J connectivity index is 1.60. The van der Waals surface area contributed by atoms with Gasteiger partial charge in [0, 0.05) is 17.8 Å². The maximum atomic E-state index is 12.9. The molecule has 1 heterocycles. The molecule has 1 atom stereocenters. The monoisotopic (exact) mass is 467 g/mol. The summed E-state index contributed by atoms with van der Waals surface area (Å²) in [7, 11) is 0. The van der Waals surface area contributed by atoms with Gasteiger partial charge in [-0.2, -0.15) is 0 Å². The quantitative estimate of drug-likeness (QED) is 0.322. The molecule has 1 unspecified atom stereocenters. The topological polar surface area (TPSA) is 151 Å². The number of carbonyl (C=O) groups is 4. The lowest BCUT2D eigenvalue weighted by atomic mass is 9.92. The molecule has 1 aliphatic rings. The molecule has 0 bridgehead atoms. The molecule has 0 spiro atoms. The standard InChI is InChI=1S/C23H25N5O6/c1-13-9-14(2)20(15(3)10-13)25-18(29)11-24-19(30)12-27-21(31)23(4,26-22(27)32)16-5-7-17(8-6-16)28(33)34/h5-10H,11-12H2,1-4H3,(H,24,30)(H,25,29)(H,26,32). The van der Waals surface area contributed by atoms with Crippen LogP contribution in [0, 0.1) is 30.9 Å². The van der Waals surface area contributed by atoms with E-state index < -0.39 is 40.8 Å². The fourth-order valence-corrected chi connectivity index (χ4v) is 3.89. The Morgan fingerprint density at radius 1 is 1.06 bits per heavy atom. The molecule has 34 heavy (non-hydrogen) atoms. The first kappa shape index (κ1) is 24.4. The second-order valence-electron chi connectivity index (χ2n) is 8.35. The highest BCUT2D eigenvalue weighted by Gasteiger charge is 2.49. The van der Waals surface area contributed by atoms with E-state index in [1.165, 1.54) is 31.2 Å². The number of non-ortho nitro benzene ring substituents is 1. The average Bonchev–Trinajstić information content (AvgIpc) is 2.98. The zero-order valence-electron chi connectivity index (χ0n) is 19.2. The van der Waals surface area contributed by atoms with Gasteiger partial charge in [0.2, 0.25) is 11.8 Å². The molecule has 178 valence electrons. The van der Waals surface area contributed by atoms with Crippen molar-refractivity contribution >= 4 is 35.1 Å². The third-order valence-electron chi connectivity index (χ3n) is 5.62. The first-order valence-electron chi connectivity index (χ1n) is 10.5. The van der Waals surface area contributed by atoms with E-state index in [-0.39, 0.29) is 12.2 Å². The number of nitro groups is 1. The summed E-state index contributed by atoms with van der Waals surface area (Å²) in [6.07, 6.45) is 0. The van der Waals surface area contributed by atoms with Crippen LogP contribution in [0.4, 0.5) is 16.2 Å². The predicted molar refractivity (Wildman–Crippen MR) is 123 cm³/mol. The minimum absolute atomic E-state index is 0.158. The van der Waals surface area contributed by atoms with Crippen LogP contribution in [0.5, 0.6) is 0 Å². The van der Waals surface area contributed by atoms with E-state index in [9.17, 15) is 29.3 Å². The SMILES string of the molecule is Cc1cc(C)c(NC(=O)CNC(=O)CN2C(=O)NC(C)(c3ccc([N+](=O)[O-])cc3)C2=O)c(C)c1. The van der Waals surface area contributed by atoms with Crippen molar-refractivity contribution in [3.63, 3.8) is 0 Å². The maximum absolute atomic E-state index is 12.9. The summed E-state index contributed by atoms with van der Waals surface area (Å²) in [5.74, 6) is -1.82. The summed E-state index contributed by atoms with van der Waals surface area (Å²) >= 11 is 0. The van der Waals surface area contributed by atoms with Crippen molar-refractivity contribution in [3.05, 3.63) is 68.8 Å². The van der Waals surface area contributed by atoms with Crippen molar-refractivity contribution in [1.29, 1.82) is 0 Å². The molecule has 1 saturated heterocycles. The molecule has 2 aromatic carbocycles. The van der Waals surface area contributed by atoms with E-state index in [1.807, 2.05) is 32.9 Å². The summed E-state index contributed by atoms with van der Waals surface area (Å²) in [5.41, 5.74) is 2.21. The fraction of sp³-hybridized carbons (Fsp3) is 0.304. The summed E-state index contributed by atoms with van der Waals surface area (Å²) in [4.78, 5) is 61.0. The predicted octanol–water partition coefficient (Wildman–Crippen LogP) is 2.04. The van der Waals surface area contributed by atoms with Gasteiger partial charge in [-0.05, 0) is 56.5 Å². The number of aryl methyl sites for hydroxylation is 3. The number of urea groups is 1. The summed E-state index contributed by atoms with van der Waals surface area (Å²) < 4.78 is 0. The van der Waals surface area contributed by atoms with Crippen LogP contribution in [0.3, 0.4) is 0 Å². The van der Waals surface area contributed by atoms with E-state index in [0.717, 1.165) is 21.6 Å². The lowest BCUT2D eigenvalue weighted by molar-refractivity contribution is -0.384. The van der Waals surface area contributed by atoms with Crippen molar-refractivity contribution in [3.8, 4) is 0 Å². The molecule has 1 aliphatic heterocycles. The molecule has 0 radical (unpaired) electrons. The van der Waals surface area contributed by atoms with Crippen LogP contribution >= 0.6 is 0 Å². The molecular weight excluding hydrogens is 442 g/mol. The number of hydrogen-bond donors (Lipinski definition) is 3. The Morgan fingerprint density at radius 2 is 1.65 bits per heavy atom. The first-order valence-corrected chi connectivity index (χ1v) is 10.5. The molecular formula is C23H25N5O6. The third-order valence-corrected chi connectivity index (χ3v) is 5.62. The Labute approximate surface area is 195 Å². The fourth-order valence-electron chi connectivity index (χ4n) is 3.89. The van der Waals surface area contributed by atoms with Crippen molar-refractivity contribution in [2.75, 3.05) is 18.4 Å². The Morgan fingerprint density at radius 3 is 2.21 bits per heavy atom. The van der Waals surface area contributed by atoms with Gasteiger partial charge in [-0.3, -0.25) is 29.4 Å². The number of nitrogens with zero attached hydrogens (tertiary/aromatic N) is 2. The van der Waals surface area contributed by atoms with Gasteiger partial charge < -0.3 is 16.0 Å². The zero-order chi connectivity index (χ0) is 25.2. The second-order valence-corrected chi connectivity index (χ2v) is 8.35. The summed E-state index contributed by atoms with van der Waals surface area (Å²) in [5, 5.41) is 18.5. The number of nitrogens with one attached hydrogen (secondary N) is 3. The van der Waals surface area contributed by atoms with Crippen LogP contribution in [0.15, 0.2) is 36.4 Å². The number of benzene rings is 2. The van der Waals surface area contributed by atoms with Crippen LogP contribution in [-0.4, -0.2) is 46.7 Å². The van der Waals surface area contributed by atoms with Crippen LogP contribution < -0.4 is 16.0 Å². The van der Waals surface area contributed by atoms with Gasteiger partial charge in [0.15, 0.2) is 0 Å². The van der Waals surface area contributed by atoms with E-state index in [2.05, 4.69) is 16.0 Å². The lowest BCUT2D eigenvalue weighted by Crippen LogP contribution is -2.44. The van der Waals surface area contributed by atoms with Gasteiger partial charge in [-0.1, -0.05) is 17.7 Å². The molecule has 0 aromatic heterocycles. The van der Waals surface area contributed by atoms with Crippen LogP contribution in [0.1, 0.15) is 29.2 Å². The van der Waals surface area contributed by atoms with Crippen molar-refractivity contribution in [2.45, 2.75) is 33.2 Å². The molecule has 11 nitrogen and oxygen atoms in total. The molecule has 3 N–H and O–H groups in total. The molecule has 5 amide bonds. The highest BCUT2D eigenvalue weighted by molar-refractivity contribution is 6.09. The molecule has 0 saturated carbocycles. The van der Waals surface area contributed by atoms with Crippen LogP contribution in [0.2, 0.25) is 0 Å². The maximum Gasteiger partial charge on any atom is 0.325 e. The second kappa shape index (κ2) is 9.30. The van der Waals surface area contributed by atoms with Crippen LogP contribution in [0.25, 0.3) is 0 Å². The normalized spacial score (nSPS) is 17.4. The lowest BCUT2D eigenvalue weighted by Gasteiger charge is -2.22. The molecule has 2 aromatic rings. The smallest absolute Gasteiger partial charge is 0.325 e. The Bertz CT molecular complexity index is 1170. The number of imide groups is 1. The Hall–Kier alpha value is -4.28. The van der Waals surface area contributed by atoms with E-state index >= 15 is 0 Å². The first-order chi connectivity index (χ1) is 15.9. The summed E-state index contributed by atoms with van der Waals surface area (Å²) in [6, 6.07) is 8.29.